The molecule has 0 amide bonds. The highest BCUT2D eigenvalue weighted by atomic mass is 16.6. The number of morpholine rings is 2. The standard InChI is InChI=1S/C16H18N2O4.C16H20N2O2/c19-18(20)15-5-6-16(14-4-2-1-3-13(14)15)22-12-9-17-7-10-21-11-8-17;17-15-5-6-16(14-4-2-1-3-13(14)15)20-12-9-18-7-10-19-11-8-18/h1-6H,7-12H2;1-6H,7-12,17H2. The van der Waals surface area contributed by atoms with Gasteiger partial charge in [0, 0.05) is 67.2 Å². The number of hydrogen-bond donors (Lipinski definition) is 1. The number of rotatable bonds is 9. The molecule has 2 aliphatic heterocycles. The van der Waals surface area contributed by atoms with Crippen LogP contribution in [0, 0.1) is 10.1 Å². The highest BCUT2D eigenvalue weighted by molar-refractivity contribution is 5.97. The Balaban J connectivity index is 0.000000169. The van der Waals surface area contributed by atoms with Crippen molar-refractivity contribution in [2.45, 2.75) is 0 Å². The maximum absolute atomic E-state index is 11.1. The summed E-state index contributed by atoms with van der Waals surface area (Å²) in [6.07, 6.45) is 0. The van der Waals surface area contributed by atoms with Crippen molar-refractivity contribution in [2.24, 2.45) is 0 Å². The summed E-state index contributed by atoms with van der Waals surface area (Å²) in [5.41, 5.74) is 6.89. The molecule has 0 saturated carbocycles. The topological polar surface area (TPSA) is 113 Å². The predicted molar refractivity (Wildman–Crippen MR) is 164 cm³/mol. The zero-order valence-electron chi connectivity index (χ0n) is 23.8. The lowest BCUT2D eigenvalue weighted by molar-refractivity contribution is -0.383. The third-order valence-corrected chi connectivity index (χ3v) is 7.51. The summed E-state index contributed by atoms with van der Waals surface area (Å²) in [5, 5.41) is 14.6. The lowest BCUT2D eigenvalue weighted by Crippen LogP contribution is -2.38. The van der Waals surface area contributed by atoms with E-state index < -0.39 is 0 Å². The van der Waals surface area contributed by atoms with Gasteiger partial charge in [-0.05, 0) is 24.3 Å². The summed E-state index contributed by atoms with van der Waals surface area (Å²) in [5.74, 6) is 1.59. The number of ether oxygens (including phenoxy) is 4. The van der Waals surface area contributed by atoms with E-state index in [9.17, 15) is 10.1 Å². The van der Waals surface area contributed by atoms with E-state index in [0.29, 0.717) is 24.3 Å². The van der Waals surface area contributed by atoms with Crippen molar-refractivity contribution in [3.8, 4) is 11.5 Å². The molecule has 4 aromatic rings. The van der Waals surface area contributed by atoms with Crippen molar-refractivity contribution in [1.82, 2.24) is 9.80 Å². The van der Waals surface area contributed by atoms with Crippen LogP contribution in [0.5, 0.6) is 11.5 Å². The number of anilines is 1. The van der Waals surface area contributed by atoms with Gasteiger partial charge < -0.3 is 24.7 Å². The van der Waals surface area contributed by atoms with Crippen LogP contribution in [0.2, 0.25) is 0 Å². The summed E-state index contributed by atoms with van der Waals surface area (Å²) in [6, 6.07) is 22.4. The lowest BCUT2D eigenvalue weighted by Gasteiger charge is -2.26. The molecule has 2 heterocycles. The van der Waals surface area contributed by atoms with Gasteiger partial charge in [0.15, 0.2) is 0 Å². The first-order valence-corrected chi connectivity index (χ1v) is 14.4. The molecule has 4 aromatic carbocycles. The molecule has 0 aromatic heterocycles. The SMILES string of the molecule is Nc1ccc(OCCN2CCOCC2)c2ccccc12.O=[N+]([O-])c1ccc(OCCN2CCOCC2)c2ccccc12. The van der Waals surface area contributed by atoms with Crippen molar-refractivity contribution in [1.29, 1.82) is 0 Å². The Morgan fingerprint density at radius 1 is 0.667 bits per heavy atom. The third-order valence-electron chi connectivity index (χ3n) is 7.51. The minimum absolute atomic E-state index is 0.108. The molecule has 2 saturated heterocycles. The van der Waals surface area contributed by atoms with Crippen LogP contribution in [-0.4, -0.2) is 93.6 Å². The van der Waals surface area contributed by atoms with E-state index in [0.717, 1.165) is 93.3 Å². The minimum Gasteiger partial charge on any atom is -0.492 e. The number of hydrogen-bond acceptors (Lipinski definition) is 9. The molecule has 0 spiro atoms. The van der Waals surface area contributed by atoms with E-state index >= 15 is 0 Å². The summed E-state index contributed by atoms with van der Waals surface area (Å²) >= 11 is 0. The van der Waals surface area contributed by atoms with Crippen molar-refractivity contribution in [2.75, 3.05) is 84.6 Å². The molecule has 42 heavy (non-hydrogen) atoms. The first-order valence-electron chi connectivity index (χ1n) is 14.4. The molecule has 0 unspecified atom stereocenters. The molecule has 2 N–H and O–H groups in total. The van der Waals surface area contributed by atoms with Gasteiger partial charge in [0.1, 0.15) is 24.7 Å². The molecule has 2 fully saturated rings. The number of nitrogens with zero attached hydrogens (tertiary/aromatic N) is 3. The van der Waals surface area contributed by atoms with E-state index in [1.807, 2.05) is 42.5 Å². The molecular formula is C32H38N4O6. The van der Waals surface area contributed by atoms with Crippen LogP contribution in [0.1, 0.15) is 0 Å². The van der Waals surface area contributed by atoms with E-state index in [4.69, 9.17) is 24.7 Å². The second-order valence-electron chi connectivity index (χ2n) is 10.2. The Bertz CT molecular complexity index is 1470. The minimum atomic E-state index is -0.361. The smallest absolute Gasteiger partial charge is 0.277 e. The van der Waals surface area contributed by atoms with Gasteiger partial charge in [-0.3, -0.25) is 19.9 Å². The van der Waals surface area contributed by atoms with Gasteiger partial charge in [0.2, 0.25) is 0 Å². The molecule has 10 nitrogen and oxygen atoms in total. The fourth-order valence-corrected chi connectivity index (χ4v) is 5.18. The van der Waals surface area contributed by atoms with Crippen LogP contribution in [0.25, 0.3) is 21.5 Å². The summed E-state index contributed by atoms with van der Waals surface area (Å²) in [7, 11) is 0. The monoisotopic (exact) mass is 574 g/mol. The molecule has 0 bridgehead atoms. The van der Waals surface area contributed by atoms with Crippen molar-refractivity contribution < 1.29 is 23.9 Å². The van der Waals surface area contributed by atoms with E-state index in [-0.39, 0.29) is 10.6 Å². The molecule has 222 valence electrons. The van der Waals surface area contributed by atoms with E-state index in [1.165, 1.54) is 6.07 Å². The number of benzene rings is 4. The Kier molecular flexibility index (Phi) is 10.4. The number of fused-ring (bicyclic) bond motifs is 2. The zero-order valence-corrected chi connectivity index (χ0v) is 23.8. The van der Waals surface area contributed by atoms with Gasteiger partial charge in [0.05, 0.1) is 36.7 Å². The molecule has 0 aliphatic carbocycles. The van der Waals surface area contributed by atoms with Crippen LogP contribution in [0.4, 0.5) is 11.4 Å². The van der Waals surface area contributed by atoms with Gasteiger partial charge in [-0.1, -0.05) is 42.5 Å². The first kappa shape index (κ1) is 29.5. The summed E-state index contributed by atoms with van der Waals surface area (Å²) < 4.78 is 22.4. The highest BCUT2D eigenvalue weighted by Crippen LogP contribution is 2.33. The van der Waals surface area contributed by atoms with Crippen LogP contribution < -0.4 is 15.2 Å². The second kappa shape index (κ2) is 14.8. The van der Waals surface area contributed by atoms with Gasteiger partial charge in [-0.25, -0.2) is 0 Å². The van der Waals surface area contributed by atoms with Crippen LogP contribution in [-0.2, 0) is 9.47 Å². The fourth-order valence-electron chi connectivity index (χ4n) is 5.18. The fraction of sp³-hybridized carbons (Fsp3) is 0.375. The number of nitrogen functional groups attached to an aromatic ring is 1. The predicted octanol–water partition coefficient (Wildman–Crippen LogP) is 4.59. The van der Waals surface area contributed by atoms with E-state index in [1.54, 1.807) is 18.2 Å². The van der Waals surface area contributed by atoms with Crippen LogP contribution in [0.3, 0.4) is 0 Å². The zero-order chi connectivity index (χ0) is 29.1. The quantitative estimate of drug-likeness (QED) is 0.174. The van der Waals surface area contributed by atoms with Crippen molar-refractivity contribution in [3.63, 3.8) is 0 Å². The Hall–Kier alpha value is -3.96. The third kappa shape index (κ3) is 7.65. The number of non-ortho nitro benzene ring substituents is 1. The van der Waals surface area contributed by atoms with Crippen molar-refractivity contribution >= 4 is 32.9 Å². The second-order valence-corrected chi connectivity index (χ2v) is 10.2. The first-order chi connectivity index (χ1) is 20.6. The molecule has 0 atom stereocenters. The summed E-state index contributed by atoms with van der Waals surface area (Å²) in [6.45, 7) is 10.0. The van der Waals surface area contributed by atoms with Crippen LogP contribution in [0.15, 0.2) is 72.8 Å². The maximum Gasteiger partial charge on any atom is 0.277 e. The Morgan fingerprint density at radius 3 is 1.64 bits per heavy atom. The summed E-state index contributed by atoms with van der Waals surface area (Å²) in [4.78, 5) is 15.4. The largest absolute Gasteiger partial charge is 0.492 e. The molecule has 10 heteroatoms. The van der Waals surface area contributed by atoms with Gasteiger partial charge in [-0.2, -0.15) is 0 Å². The number of nitro benzene ring substituents is 1. The van der Waals surface area contributed by atoms with E-state index in [2.05, 4.69) is 15.9 Å². The Morgan fingerprint density at radius 2 is 1.12 bits per heavy atom. The van der Waals surface area contributed by atoms with Gasteiger partial charge >= 0.3 is 0 Å². The maximum atomic E-state index is 11.1. The highest BCUT2D eigenvalue weighted by Gasteiger charge is 2.15. The number of nitrogens with two attached hydrogens (primary N) is 1. The molecule has 0 radical (unpaired) electrons. The Labute approximate surface area is 245 Å². The normalized spacial score (nSPS) is 16.1. The van der Waals surface area contributed by atoms with Gasteiger partial charge in [0.25, 0.3) is 5.69 Å². The molecule has 2 aliphatic rings. The lowest BCUT2D eigenvalue weighted by atomic mass is 10.1. The molecule has 6 rings (SSSR count). The average molecular weight is 575 g/mol. The van der Waals surface area contributed by atoms with Crippen molar-refractivity contribution in [3.05, 3.63) is 82.9 Å². The molecular weight excluding hydrogens is 536 g/mol. The average Bonchev–Trinajstić information content (AvgIpc) is 3.03. The number of nitro groups is 1. The van der Waals surface area contributed by atoms with Crippen LogP contribution >= 0.6 is 0 Å². The van der Waals surface area contributed by atoms with Gasteiger partial charge in [-0.15, -0.1) is 0 Å².